The number of carbonyl (C=O) groups is 1. The number of esters is 1. The molecule has 0 bridgehead atoms. The zero-order chi connectivity index (χ0) is 14.6. The molecule has 110 valence electrons. The summed E-state index contributed by atoms with van der Waals surface area (Å²) < 4.78 is 10.8. The molecule has 1 aromatic carbocycles. The fourth-order valence-electron chi connectivity index (χ4n) is 2.28. The van der Waals surface area contributed by atoms with E-state index in [-0.39, 0.29) is 18.2 Å². The van der Waals surface area contributed by atoms with Crippen LogP contribution in [0.1, 0.15) is 42.3 Å². The summed E-state index contributed by atoms with van der Waals surface area (Å²) in [5, 5.41) is 3.30. The van der Waals surface area contributed by atoms with Crippen LogP contribution in [0.3, 0.4) is 0 Å². The zero-order valence-corrected chi connectivity index (χ0v) is 12.5. The van der Waals surface area contributed by atoms with Crippen LogP contribution in [0.2, 0.25) is 0 Å². The molecule has 0 aromatic heterocycles. The molecule has 1 aromatic rings. The van der Waals surface area contributed by atoms with Gasteiger partial charge in [-0.1, -0.05) is 12.1 Å². The van der Waals surface area contributed by atoms with Crippen LogP contribution in [0.5, 0.6) is 0 Å². The van der Waals surface area contributed by atoms with Crippen LogP contribution in [0.4, 0.5) is 0 Å². The van der Waals surface area contributed by atoms with Crippen LogP contribution in [0.15, 0.2) is 18.2 Å². The number of ether oxygens (including phenoxy) is 2. The minimum absolute atomic E-state index is 0.204. The highest BCUT2D eigenvalue weighted by Gasteiger charge is 2.18. The minimum atomic E-state index is -0.249. The first-order valence-electron chi connectivity index (χ1n) is 7.10. The number of hydrogen-bond acceptors (Lipinski definition) is 4. The lowest BCUT2D eigenvalue weighted by atomic mass is 9.95. The summed E-state index contributed by atoms with van der Waals surface area (Å²) in [6.07, 6.45) is 0.874. The summed E-state index contributed by atoms with van der Waals surface area (Å²) in [4.78, 5) is 12.1. The summed E-state index contributed by atoms with van der Waals surface area (Å²) in [7, 11) is 0. The Balaban J connectivity index is 1.93. The van der Waals surface area contributed by atoms with Gasteiger partial charge in [-0.3, -0.25) is 0 Å². The van der Waals surface area contributed by atoms with E-state index >= 15 is 0 Å². The quantitative estimate of drug-likeness (QED) is 0.677. The molecule has 0 saturated heterocycles. The van der Waals surface area contributed by atoms with E-state index in [1.54, 1.807) is 0 Å². The second-order valence-electron chi connectivity index (χ2n) is 5.97. The lowest BCUT2D eigenvalue weighted by Crippen LogP contribution is -2.26. The lowest BCUT2D eigenvalue weighted by Gasteiger charge is -2.21. The Morgan fingerprint density at radius 1 is 1.30 bits per heavy atom. The Bertz CT molecular complexity index is 477. The number of fused-ring (bicyclic) bond motifs is 1. The molecule has 0 saturated carbocycles. The Hall–Kier alpha value is -1.39. The largest absolute Gasteiger partial charge is 0.460 e. The third-order valence-corrected chi connectivity index (χ3v) is 3.21. The smallest absolute Gasteiger partial charge is 0.338 e. The van der Waals surface area contributed by atoms with Gasteiger partial charge in [-0.15, -0.1) is 0 Å². The predicted molar refractivity (Wildman–Crippen MR) is 77.8 cm³/mol. The van der Waals surface area contributed by atoms with Crippen LogP contribution in [-0.4, -0.2) is 31.3 Å². The van der Waals surface area contributed by atoms with E-state index in [2.05, 4.69) is 11.4 Å². The van der Waals surface area contributed by atoms with Gasteiger partial charge in [-0.05, 0) is 50.9 Å². The molecule has 1 aliphatic rings. The molecule has 1 aliphatic heterocycles. The number of nitrogens with one attached hydrogen (secondary N) is 1. The third-order valence-electron chi connectivity index (χ3n) is 3.21. The highest BCUT2D eigenvalue weighted by atomic mass is 16.6. The van der Waals surface area contributed by atoms with Crippen molar-refractivity contribution in [3.05, 3.63) is 34.9 Å². The summed E-state index contributed by atoms with van der Waals surface area (Å²) >= 11 is 0. The van der Waals surface area contributed by atoms with Crippen LogP contribution < -0.4 is 5.32 Å². The van der Waals surface area contributed by atoms with Crippen LogP contribution in [-0.2, 0) is 22.4 Å². The third kappa shape index (κ3) is 4.05. The van der Waals surface area contributed by atoms with Crippen molar-refractivity contribution in [1.82, 2.24) is 5.32 Å². The molecule has 0 fully saturated rings. The van der Waals surface area contributed by atoms with E-state index in [1.807, 2.05) is 32.9 Å². The van der Waals surface area contributed by atoms with Gasteiger partial charge in [0.15, 0.2) is 0 Å². The monoisotopic (exact) mass is 277 g/mol. The zero-order valence-electron chi connectivity index (χ0n) is 12.5. The number of benzene rings is 1. The van der Waals surface area contributed by atoms with Gasteiger partial charge in [-0.25, -0.2) is 4.79 Å². The number of rotatable bonds is 4. The van der Waals surface area contributed by atoms with Crippen molar-refractivity contribution in [3.63, 3.8) is 0 Å². The van der Waals surface area contributed by atoms with Crippen molar-refractivity contribution in [2.75, 3.05) is 19.8 Å². The van der Waals surface area contributed by atoms with Crippen LogP contribution in [0.25, 0.3) is 0 Å². The maximum Gasteiger partial charge on any atom is 0.338 e. The molecule has 4 heteroatoms. The van der Waals surface area contributed by atoms with E-state index < -0.39 is 0 Å². The first kappa shape index (κ1) is 15.0. The van der Waals surface area contributed by atoms with E-state index in [0.717, 1.165) is 25.1 Å². The minimum Gasteiger partial charge on any atom is -0.460 e. The van der Waals surface area contributed by atoms with Crippen molar-refractivity contribution in [1.29, 1.82) is 0 Å². The molecule has 0 radical (unpaired) electrons. The Labute approximate surface area is 120 Å². The molecule has 1 N–H and O–H groups in total. The van der Waals surface area contributed by atoms with Crippen molar-refractivity contribution >= 4 is 5.97 Å². The highest BCUT2D eigenvalue weighted by molar-refractivity contribution is 5.91. The predicted octanol–water partition coefficient (Wildman–Crippen LogP) is 2.30. The number of hydrogen-bond donors (Lipinski definition) is 1. The van der Waals surface area contributed by atoms with Crippen molar-refractivity contribution in [3.8, 4) is 0 Å². The van der Waals surface area contributed by atoms with E-state index in [0.29, 0.717) is 12.2 Å². The molecule has 0 unspecified atom stereocenters. The average molecular weight is 277 g/mol. The van der Waals surface area contributed by atoms with Gasteiger partial charge in [-0.2, -0.15) is 0 Å². The van der Waals surface area contributed by atoms with E-state index in [9.17, 15) is 4.79 Å². The standard InChI is InChI=1S/C16H23NO3/c1-16(2,3)20-10-9-19-15(18)14-6-4-5-12-11-17-8-7-13(12)14/h4-6,17H,7-11H2,1-3H3. The lowest BCUT2D eigenvalue weighted by molar-refractivity contribution is -0.0282. The van der Waals surface area contributed by atoms with Gasteiger partial charge in [0.25, 0.3) is 0 Å². The molecule has 1 heterocycles. The van der Waals surface area contributed by atoms with Gasteiger partial charge >= 0.3 is 5.97 Å². The van der Waals surface area contributed by atoms with Crippen molar-refractivity contribution in [2.45, 2.75) is 39.3 Å². The summed E-state index contributed by atoms with van der Waals surface area (Å²) in [6, 6.07) is 5.81. The van der Waals surface area contributed by atoms with E-state index in [1.165, 1.54) is 5.56 Å². The second-order valence-corrected chi connectivity index (χ2v) is 5.97. The maximum atomic E-state index is 12.1. The SMILES string of the molecule is CC(C)(C)OCCOC(=O)c1cccc2c1CCNC2. The fraction of sp³-hybridized carbons (Fsp3) is 0.562. The van der Waals surface area contributed by atoms with Gasteiger partial charge < -0.3 is 14.8 Å². The van der Waals surface area contributed by atoms with E-state index in [4.69, 9.17) is 9.47 Å². The number of carbonyl (C=O) groups excluding carboxylic acids is 1. The Morgan fingerprint density at radius 3 is 2.85 bits per heavy atom. The highest BCUT2D eigenvalue weighted by Crippen LogP contribution is 2.19. The second kappa shape index (κ2) is 6.37. The normalized spacial score (nSPS) is 14.8. The Morgan fingerprint density at radius 2 is 2.10 bits per heavy atom. The molecule has 2 rings (SSSR count). The van der Waals surface area contributed by atoms with Gasteiger partial charge in [0, 0.05) is 6.54 Å². The fourth-order valence-corrected chi connectivity index (χ4v) is 2.28. The molecule has 0 amide bonds. The first-order valence-corrected chi connectivity index (χ1v) is 7.10. The van der Waals surface area contributed by atoms with Gasteiger partial charge in [0.1, 0.15) is 6.61 Å². The molecule has 0 atom stereocenters. The molecule has 0 spiro atoms. The summed E-state index contributed by atoms with van der Waals surface area (Å²) in [5.41, 5.74) is 2.80. The summed E-state index contributed by atoms with van der Waals surface area (Å²) in [5.74, 6) is -0.249. The molecular weight excluding hydrogens is 254 g/mol. The summed E-state index contributed by atoms with van der Waals surface area (Å²) in [6.45, 7) is 8.39. The molecule has 0 aliphatic carbocycles. The molecule has 4 nitrogen and oxygen atoms in total. The average Bonchev–Trinajstić information content (AvgIpc) is 2.41. The van der Waals surface area contributed by atoms with Crippen molar-refractivity contribution in [2.24, 2.45) is 0 Å². The van der Waals surface area contributed by atoms with Gasteiger partial charge in [0.05, 0.1) is 17.8 Å². The van der Waals surface area contributed by atoms with Gasteiger partial charge in [0.2, 0.25) is 0 Å². The van der Waals surface area contributed by atoms with Crippen LogP contribution in [0, 0.1) is 0 Å². The molecule has 20 heavy (non-hydrogen) atoms. The first-order chi connectivity index (χ1) is 9.47. The van der Waals surface area contributed by atoms with Crippen molar-refractivity contribution < 1.29 is 14.3 Å². The molecular formula is C16H23NO3. The topological polar surface area (TPSA) is 47.6 Å². The maximum absolute atomic E-state index is 12.1. The Kier molecular flexibility index (Phi) is 4.78. The van der Waals surface area contributed by atoms with Crippen LogP contribution >= 0.6 is 0 Å².